The molecule has 0 spiro atoms. The first-order chi connectivity index (χ1) is 14.2. The summed E-state index contributed by atoms with van der Waals surface area (Å²) in [5, 5.41) is 0. The number of aromatic nitrogens is 4. The number of nitrogens with zero attached hydrogens (tertiary/aromatic N) is 6. The van der Waals surface area contributed by atoms with Crippen molar-refractivity contribution in [2.24, 2.45) is 0 Å². The van der Waals surface area contributed by atoms with Crippen molar-refractivity contribution < 1.29 is 0 Å². The van der Waals surface area contributed by atoms with E-state index >= 15 is 0 Å². The second-order valence-corrected chi connectivity index (χ2v) is 18.0. The van der Waals surface area contributed by atoms with Crippen molar-refractivity contribution in [3.8, 4) is 0 Å². The van der Waals surface area contributed by atoms with Crippen molar-refractivity contribution in [1.29, 1.82) is 0 Å². The number of rotatable bonds is 6. The number of hydrogen-bond acceptors (Lipinski definition) is 6. The first-order valence-electron chi connectivity index (χ1n) is 9.42. The van der Waals surface area contributed by atoms with Gasteiger partial charge in [-0.2, -0.15) is 0 Å². The van der Waals surface area contributed by atoms with E-state index in [1.54, 1.807) is 0 Å². The molecule has 4 heterocycles. The molecule has 4 aromatic rings. The van der Waals surface area contributed by atoms with Gasteiger partial charge in [-0.3, -0.25) is 0 Å². The molecule has 0 unspecified atom stereocenters. The molecule has 0 saturated heterocycles. The third-order valence-corrected chi connectivity index (χ3v) is 13.5. The molecule has 0 aliphatic rings. The average molecular weight is 489 g/mol. The minimum atomic E-state index is -3.47. The third kappa shape index (κ3) is 4.07. The van der Waals surface area contributed by atoms with E-state index in [1.807, 2.05) is 97.6 Å². The summed E-state index contributed by atoms with van der Waals surface area (Å²) < 4.78 is 4.61. The number of hydrogen-bond donors (Lipinski definition) is 0. The topological polar surface area (TPSA) is 58.0 Å². The summed E-state index contributed by atoms with van der Waals surface area (Å²) in [4.78, 5) is 23.3. The molecular formula is C22H22N6Sn. The van der Waals surface area contributed by atoms with Gasteiger partial charge in [-0.25, -0.2) is 0 Å². The van der Waals surface area contributed by atoms with Gasteiger partial charge in [0.15, 0.2) is 0 Å². The van der Waals surface area contributed by atoms with Crippen LogP contribution in [0.25, 0.3) is 0 Å². The summed E-state index contributed by atoms with van der Waals surface area (Å²) in [5.41, 5.74) is 0. The Morgan fingerprint density at radius 1 is 0.483 bits per heavy atom. The summed E-state index contributed by atoms with van der Waals surface area (Å²) in [6, 6.07) is 23.9. The summed E-state index contributed by atoms with van der Waals surface area (Å²) in [7, 11) is 0. The van der Waals surface area contributed by atoms with Crippen LogP contribution in [-0.2, 0) is 0 Å². The van der Waals surface area contributed by atoms with Crippen molar-refractivity contribution in [3.05, 3.63) is 97.6 Å². The van der Waals surface area contributed by atoms with Gasteiger partial charge in [0.2, 0.25) is 0 Å². The molecule has 0 bridgehead atoms. The van der Waals surface area contributed by atoms with Crippen LogP contribution < -0.4 is 6.24 Å². The van der Waals surface area contributed by atoms with Crippen LogP contribution in [0.5, 0.6) is 0 Å². The van der Waals surface area contributed by atoms with Gasteiger partial charge in [-0.1, -0.05) is 0 Å². The van der Waals surface area contributed by atoms with Crippen molar-refractivity contribution in [1.82, 2.24) is 19.9 Å². The molecule has 0 fully saturated rings. The summed E-state index contributed by atoms with van der Waals surface area (Å²) >= 11 is -3.47. The summed E-state index contributed by atoms with van der Waals surface area (Å²) in [6.45, 7) is 0. The van der Waals surface area contributed by atoms with Crippen LogP contribution in [0.4, 0.5) is 23.3 Å². The molecule has 0 aromatic carbocycles. The van der Waals surface area contributed by atoms with Crippen molar-refractivity contribution in [2.45, 2.75) is 9.88 Å². The van der Waals surface area contributed by atoms with Crippen LogP contribution in [-0.4, -0.2) is 38.9 Å². The monoisotopic (exact) mass is 490 g/mol. The van der Waals surface area contributed by atoms with Crippen molar-refractivity contribution in [3.63, 3.8) is 0 Å². The fourth-order valence-electron chi connectivity index (χ4n) is 3.40. The van der Waals surface area contributed by atoms with Crippen molar-refractivity contribution >= 4 is 42.2 Å². The summed E-state index contributed by atoms with van der Waals surface area (Å²) in [5.74, 6) is 3.51. The molecular weight excluding hydrogens is 467 g/mol. The Morgan fingerprint density at radius 3 is 0.966 bits per heavy atom. The molecule has 144 valence electrons. The van der Waals surface area contributed by atoms with E-state index in [2.05, 4.69) is 36.1 Å². The zero-order valence-electron chi connectivity index (χ0n) is 16.4. The average Bonchev–Trinajstić information content (AvgIpc) is 2.77. The zero-order chi connectivity index (χ0) is 20.1. The van der Waals surface area contributed by atoms with Gasteiger partial charge in [0.25, 0.3) is 0 Å². The van der Waals surface area contributed by atoms with Crippen LogP contribution in [0.2, 0.25) is 9.88 Å². The molecule has 4 aromatic heterocycles. The number of pyridine rings is 4. The van der Waals surface area contributed by atoms with Crippen LogP contribution in [0.1, 0.15) is 0 Å². The minimum absolute atomic E-state index is 0.879. The Morgan fingerprint density at radius 2 is 0.759 bits per heavy atom. The van der Waals surface area contributed by atoms with Crippen LogP contribution in [0.3, 0.4) is 0 Å². The van der Waals surface area contributed by atoms with Gasteiger partial charge < -0.3 is 0 Å². The first kappa shape index (κ1) is 19.3. The van der Waals surface area contributed by atoms with Crippen LogP contribution in [0, 0.1) is 0 Å². The van der Waals surface area contributed by atoms with Gasteiger partial charge in [0.05, 0.1) is 0 Å². The molecule has 4 rings (SSSR count). The molecule has 6 nitrogen and oxygen atoms in total. The van der Waals surface area contributed by atoms with E-state index < -0.39 is 18.9 Å². The maximum absolute atomic E-state index is 4.66. The zero-order valence-corrected chi connectivity index (χ0v) is 19.3. The Balaban J connectivity index is 1.91. The molecule has 7 heteroatoms. The Kier molecular flexibility index (Phi) is 5.71. The van der Waals surface area contributed by atoms with E-state index in [4.69, 9.17) is 0 Å². The first-order valence-corrected chi connectivity index (χ1v) is 17.7. The van der Waals surface area contributed by atoms with E-state index in [9.17, 15) is 0 Å². The van der Waals surface area contributed by atoms with E-state index in [1.165, 1.54) is 0 Å². The van der Waals surface area contributed by atoms with E-state index in [0.29, 0.717) is 0 Å². The number of anilines is 4. The molecule has 0 saturated carbocycles. The third-order valence-electron chi connectivity index (χ3n) is 4.61. The van der Waals surface area contributed by atoms with Crippen LogP contribution in [0.15, 0.2) is 97.6 Å². The SMILES string of the molecule is [CH3][Sn]([CH3])([N](c1ccccn1)c1ccccn1)[N](c1ccccn1)c1ccccn1. The molecule has 0 N–H and O–H groups in total. The molecule has 0 radical (unpaired) electrons. The predicted molar refractivity (Wildman–Crippen MR) is 119 cm³/mol. The molecule has 0 aliphatic heterocycles. The Labute approximate surface area is 175 Å². The predicted octanol–water partition coefficient (Wildman–Crippen LogP) is 4.94. The molecule has 0 aliphatic carbocycles. The Bertz CT molecular complexity index is 866. The van der Waals surface area contributed by atoms with Crippen molar-refractivity contribution in [2.75, 3.05) is 6.24 Å². The van der Waals surface area contributed by atoms with Crippen LogP contribution >= 0.6 is 0 Å². The van der Waals surface area contributed by atoms with Gasteiger partial charge in [0.1, 0.15) is 0 Å². The molecule has 0 atom stereocenters. The second-order valence-electron chi connectivity index (χ2n) is 6.92. The fourth-order valence-corrected chi connectivity index (χ4v) is 11.9. The van der Waals surface area contributed by atoms with E-state index in [-0.39, 0.29) is 0 Å². The van der Waals surface area contributed by atoms with Gasteiger partial charge in [0, 0.05) is 0 Å². The summed E-state index contributed by atoms with van der Waals surface area (Å²) in [6.07, 6.45) is 7.27. The normalized spacial score (nSPS) is 11.1. The molecule has 0 amide bonds. The quantitative estimate of drug-likeness (QED) is 0.358. The van der Waals surface area contributed by atoms with E-state index in [0.717, 1.165) is 23.3 Å². The van der Waals surface area contributed by atoms with Gasteiger partial charge >= 0.3 is 176 Å². The molecule has 29 heavy (non-hydrogen) atoms. The second kappa shape index (κ2) is 8.57. The standard InChI is InChI=1S/2C10H8N3.2CH3.Sn/c2*1-3-7-11-9(5-1)13-10-6-2-4-8-12-10;;;/h2*1-8H;2*1H3;/q2*-1;;;+2. The maximum atomic E-state index is 4.66. The fraction of sp³-hybridized carbons (Fsp3) is 0.0909. The Hall–Kier alpha value is -3.00. The van der Waals surface area contributed by atoms with Gasteiger partial charge in [-0.15, -0.1) is 0 Å². The van der Waals surface area contributed by atoms with Gasteiger partial charge in [-0.05, 0) is 0 Å².